The Morgan fingerprint density at radius 3 is 2.33 bits per heavy atom. The average Bonchev–Trinajstić information content (AvgIpc) is 2.55. The second-order valence-electron chi connectivity index (χ2n) is 7.02. The van der Waals surface area contributed by atoms with Gasteiger partial charge in [-0.15, -0.1) is 0 Å². The van der Waals surface area contributed by atoms with Gasteiger partial charge in [0.1, 0.15) is 6.04 Å². The third-order valence-electron chi connectivity index (χ3n) is 4.34. The van der Waals surface area contributed by atoms with Crippen molar-refractivity contribution in [3.63, 3.8) is 0 Å². The lowest BCUT2D eigenvalue weighted by Crippen LogP contribution is -2.46. The summed E-state index contributed by atoms with van der Waals surface area (Å²) in [5.74, 6) is -0.0583. The molecule has 1 aromatic carbocycles. The first-order chi connectivity index (χ1) is 11.5. The summed E-state index contributed by atoms with van der Waals surface area (Å²) in [6.07, 6.45) is 3.10. The lowest BCUT2D eigenvalue weighted by Gasteiger charge is -2.28. The molecule has 2 rings (SSSR count). The van der Waals surface area contributed by atoms with E-state index in [2.05, 4.69) is 10.6 Å². The highest BCUT2D eigenvalue weighted by molar-refractivity contribution is 5.88. The molecular formula is C19H28N2O3. The highest BCUT2D eigenvalue weighted by Gasteiger charge is 2.27. The van der Waals surface area contributed by atoms with Crippen molar-refractivity contribution in [3.05, 3.63) is 35.9 Å². The van der Waals surface area contributed by atoms with Crippen molar-refractivity contribution in [1.29, 1.82) is 0 Å². The zero-order valence-electron chi connectivity index (χ0n) is 14.5. The van der Waals surface area contributed by atoms with Gasteiger partial charge in [-0.2, -0.15) is 0 Å². The van der Waals surface area contributed by atoms with Crippen molar-refractivity contribution in [3.8, 4) is 0 Å². The van der Waals surface area contributed by atoms with Gasteiger partial charge in [-0.3, -0.25) is 9.59 Å². The van der Waals surface area contributed by atoms with Crippen LogP contribution < -0.4 is 10.6 Å². The zero-order chi connectivity index (χ0) is 17.5. The monoisotopic (exact) mass is 332 g/mol. The molecule has 132 valence electrons. The first-order valence-corrected chi connectivity index (χ1v) is 8.78. The quantitative estimate of drug-likeness (QED) is 0.748. The summed E-state index contributed by atoms with van der Waals surface area (Å²) < 4.78 is 0. The van der Waals surface area contributed by atoms with E-state index < -0.39 is 6.04 Å². The van der Waals surface area contributed by atoms with Gasteiger partial charge in [0.15, 0.2) is 0 Å². The molecule has 1 aliphatic rings. The van der Waals surface area contributed by atoms with Crippen LogP contribution in [0.2, 0.25) is 0 Å². The number of amides is 2. The molecule has 0 spiro atoms. The van der Waals surface area contributed by atoms with Crippen LogP contribution in [0, 0.1) is 5.92 Å². The molecule has 0 bridgehead atoms. The van der Waals surface area contributed by atoms with E-state index in [1.54, 1.807) is 0 Å². The SMILES string of the molecule is CC(C)CC(=O)NC(C(=O)NC1CCC(O)CC1)c1ccccc1. The number of rotatable bonds is 6. The van der Waals surface area contributed by atoms with E-state index in [0.29, 0.717) is 19.3 Å². The molecule has 1 atom stereocenters. The van der Waals surface area contributed by atoms with E-state index in [0.717, 1.165) is 18.4 Å². The number of aliphatic hydroxyl groups excluding tert-OH is 1. The van der Waals surface area contributed by atoms with E-state index in [9.17, 15) is 14.7 Å². The van der Waals surface area contributed by atoms with E-state index >= 15 is 0 Å². The van der Waals surface area contributed by atoms with E-state index in [4.69, 9.17) is 0 Å². The van der Waals surface area contributed by atoms with Crippen LogP contribution in [-0.4, -0.2) is 29.1 Å². The smallest absolute Gasteiger partial charge is 0.247 e. The Labute approximate surface area is 143 Å². The fraction of sp³-hybridized carbons (Fsp3) is 0.579. The van der Waals surface area contributed by atoms with Crippen molar-refractivity contribution >= 4 is 11.8 Å². The Morgan fingerprint density at radius 1 is 1.12 bits per heavy atom. The fourth-order valence-corrected chi connectivity index (χ4v) is 3.04. The van der Waals surface area contributed by atoms with Crippen LogP contribution in [-0.2, 0) is 9.59 Å². The summed E-state index contributed by atoms with van der Waals surface area (Å²) in [7, 11) is 0. The molecule has 5 nitrogen and oxygen atoms in total. The summed E-state index contributed by atoms with van der Waals surface area (Å²) in [5, 5.41) is 15.5. The average molecular weight is 332 g/mol. The maximum atomic E-state index is 12.7. The molecule has 1 aromatic rings. The normalized spacial score (nSPS) is 22.0. The Hall–Kier alpha value is -1.88. The molecule has 1 aliphatic carbocycles. The second-order valence-corrected chi connectivity index (χ2v) is 7.02. The summed E-state index contributed by atoms with van der Waals surface area (Å²) in [4.78, 5) is 24.9. The number of hydrogen-bond donors (Lipinski definition) is 3. The van der Waals surface area contributed by atoms with Crippen LogP contribution in [0.25, 0.3) is 0 Å². The fourth-order valence-electron chi connectivity index (χ4n) is 3.04. The van der Waals surface area contributed by atoms with Crippen LogP contribution in [0.15, 0.2) is 30.3 Å². The molecule has 1 fully saturated rings. The van der Waals surface area contributed by atoms with Crippen molar-refractivity contribution < 1.29 is 14.7 Å². The maximum Gasteiger partial charge on any atom is 0.247 e. The number of benzene rings is 1. The molecule has 3 N–H and O–H groups in total. The van der Waals surface area contributed by atoms with Gasteiger partial charge in [-0.1, -0.05) is 44.2 Å². The Kier molecular flexibility index (Phi) is 6.79. The van der Waals surface area contributed by atoms with Crippen molar-refractivity contribution in [1.82, 2.24) is 10.6 Å². The van der Waals surface area contributed by atoms with Gasteiger partial charge in [-0.25, -0.2) is 0 Å². The second kappa shape index (κ2) is 8.83. The highest BCUT2D eigenvalue weighted by atomic mass is 16.3. The molecule has 5 heteroatoms. The third kappa shape index (κ3) is 5.64. The minimum atomic E-state index is -0.677. The number of nitrogens with one attached hydrogen (secondary N) is 2. The molecule has 0 aromatic heterocycles. The molecular weight excluding hydrogens is 304 g/mol. The van der Waals surface area contributed by atoms with Crippen molar-refractivity contribution in [2.24, 2.45) is 5.92 Å². The lowest BCUT2D eigenvalue weighted by molar-refractivity contribution is -0.130. The van der Waals surface area contributed by atoms with Crippen molar-refractivity contribution in [2.75, 3.05) is 0 Å². The molecule has 0 radical (unpaired) electrons. The molecule has 2 amide bonds. The maximum absolute atomic E-state index is 12.7. The van der Waals surface area contributed by atoms with Gasteiger partial charge in [0.05, 0.1) is 6.10 Å². The first-order valence-electron chi connectivity index (χ1n) is 8.78. The lowest BCUT2D eigenvalue weighted by atomic mass is 9.92. The van der Waals surface area contributed by atoms with Gasteiger partial charge < -0.3 is 15.7 Å². The topological polar surface area (TPSA) is 78.4 Å². The minimum Gasteiger partial charge on any atom is -0.393 e. The summed E-state index contributed by atoms with van der Waals surface area (Å²) in [5.41, 5.74) is 0.781. The largest absolute Gasteiger partial charge is 0.393 e. The number of hydrogen-bond acceptors (Lipinski definition) is 3. The van der Waals surface area contributed by atoms with Gasteiger partial charge in [-0.05, 0) is 37.2 Å². The van der Waals surface area contributed by atoms with Gasteiger partial charge in [0.2, 0.25) is 11.8 Å². The zero-order valence-corrected chi connectivity index (χ0v) is 14.5. The molecule has 24 heavy (non-hydrogen) atoms. The molecule has 1 unspecified atom stereocenters. The highest BCUT2D eigenvalue weighted by Crippen LogP contribution is 2.20. The van der Waals surface area contributed by atoms with Crippen LogP contribution in [0.3, 0.4) is 0 Å². The predicted molar refractivity (Wildman–Crippen MR) is 93.2 cm³/mol. The number of carbonyl (C=O) groups is 2. The summed E-state index contributed by atoms with van der Waals surface area (Å²) >= 11 is 0. The Balaban J connectivity index is 2.04. The van der Waals surface area contributed by atoms with Crippen LogP contribution in [0.5, 0.6) is 0 Å². The molecule has 0 saturated heterocycles. The first kappa shape index (κ1) is 18.5. The summed E-state index contributed by atoms with van der Waals surface area (Å²) in [6, 6.07) is 8.70. The molecule has 0 heterocycles. The third-order valence-corrected chi connectivity index (χ3v) is 4.34. The molecule has 0 aliphatic heterocycles. The summed E-state index contributed by atoms with van der Waals surface area (Å²) in [6.45, 7) is 3.95. The number of carbonyl (C=O) groups excluding carboxylic acids is 2. The Morgan fingerprint density at radius 2 is 1.75 bits per heavy atom. The van der Waals surface area contributed by atoms with Crippen LogP contribution >= 0.6 is 0 Å². The van der Waals surface area contributed by atoms with Crippen molar-refractivity contribution in [2.45, 2.75) is 64.1 Å². The van der Waals surface area contributed by atoms with E-state index in [-0.39, 0.29) is 29.9 Å². The Bertz CT molecular complexity index is 537. The minimum absolute atomic E-state index is 0.0640. The van der Waals surface area contributed by atoms with Gasteiger partial charge in [0, 0.05) is 12.5 Å². The van der Waals surface area contributed by atoms with Crippen LogP contribution in [0.4, 0.5) is 0 Å². The van der Waals surface area contributed by atoms with Gasteiger partial charge in [0.25, 0.3) is 0 Å². The molecule has 1 saturated carbocycles. The standard InChI is InChI=1S/C19H28N2O3/c1-13(2)12-17(23)21-18(14-6-4-3-5-7-14)19(24)20-15-8-10-16(22)11-9-15/h3-7,13,15-16,18,22H,8-12H2,1-2H3,(H,20,24)(H,21,23). The van der Waals surface area contributed by atoms with E-state index in [1.165, 1.54) is 0 Å². The number of aliphatic hydroxyl groups is 1. The van der Waals surface area contributed by atoms with Gasteiger partial charge >= 0.3 is 0 Å². The van der Waals surface area contributed by atoms with E-state index in [1.807, 2.05) is 44.2 Å². The predicted octanol–water partition coefficient (Wildman–Crippen LogP) is 2.31. The van der Waals surface area contributed by atoms with Crippen LogP contribution in [0.1, 0.15) is 57.6 Å².